The summed E-state index contributed by atoms with van der Waals surface area (Å²) in [5, 5.41) is 9.09. The Labute approximate surface area is 124 Å². The van der Waals surface area contributed by atoms with Crippen LogP contribution in [0.3, 0.4) is 0 Å². The first-order chi connectivity index (χ1) is 8.99. The number of aliphatic hydroxyl groups is 1. The highest BCUT2D eigenvalue weighted by Crippen LogP contribution is 2.26. The molecule has 1 rings (SSSR count). The highest BCUT2D eigenvalue weighted by molar-refractivity contribution is 7.89. The van der Waals surface area contributed by atoms with Crippen molar-refractivity contribution in [2.24, 2.45) is 5.41 Å². The molecule has 0 saturated carbocycles. The van der Waals surface area contributed by atoms with Crippen LogP contribution in [0.4, 0.5) is 4.39 Å². The second kappa shape index (κ2) is 5.97. The van der Waals surface area contributed by atoms with Gasteiger partial charge in [0.1, 0.15) is 10.7 Å². The lowest BCUT2D eigenvalue weighted by atomic mass is 9.89. The first-order valence-electron chi connectivity index (χ1n) is 6.10. The van der Waals surface area contributed by atoms with Gasteiger partial charge in [0, 0.05) is 16.6 Å². The molecule has 0 amide bonds. The molecule has 0 radical (unpaired) electrons. The molecule has 4 nitrogen and oxygen atoms in total. The lowest BCUT2D eigenvalue weighted by Gasteiger charge is -2.28. The van der Waals surface area contributed by atoms with E-state index in [1.807, 2.05) is 20.8 Å². The summed E-state index contributed by atoms with van der Waals surface area (Å²) in [6.07, 6.45) is 0. The maximum Gasteiger partial charge on any atom is 0.243 e. The van der Waals surface area contributed by atoms with Gasteiger partial charge < -0.3 is 5.11 Å². The topological polar surface area (TPSA) is 66.4 Å². The molecule has 0 saturated heterocycles. The fraction of sp³-hybridized carbons (Fsp3) is 0.538. The molecule has 20 heavy (non-hydrogen) atoms. The molecule has 0 aliphatic heterocycles. The Kier molecular flexibility index (Phi) is 5.18. The Morgan fingerprint density at radius 1 is 1.40 bits per heavy atom. The van der Waals surface area contributed by atoms with Crippen molar-refractivity contribution in [2.45, 2.75) is 45.2 Å². The Bertz CT molecular complexity index is 596. The van der Waals surface area contributed by atoms with Gasteiger partial charge in [0.2, 0.25) is 10.0 Å². The van der Waals surface area contributed by atoms with Crippen LogP contribution in [0.1, 0.15) is 33.3 Å². The van der Waals surface area contributed by atoms with E-state index in [-0.39, 0.29) is 16.0 Å². The lowest BCUT2D eigenvalue weighted by Crippen LogP contribution is -2.41. The third kappa shape index (κ3) is 3.91. The summed E-state index contributed by atoms with van der Waals surface area (Å²) in [6, 6.07) is 1.83. The lowest BCUT2D eigenvalue weighted by molar-refractivity contribution is 0.274. The van der Waals surface area contributed by atoms with Crippen LogP contribution in [0.2, 0.25) is 5.02 Å². The zero-order valence-electron chi connectivity index (χ0n) is 11.9. The molecule has 1 aromatic rings. The van der Waals surface area contributed by atoms with Gasteiger partial charge >= 0.3 is 0 Å². The van der Waals surface area contributed by atoms with Gasteiger partial charge in [-0.25, -0.2) is 17.5 Å². The molecular weight excluding hydrogens is 305 g/mol. The molecule has 1 atom stereocenters. The normalized spacial score (nSPS) is 14.3. The Morgan fingerprint density at radius 2 is 1.95 bits per heavy atom. The van der Waals surface area contributed by atoms with Crippen molar-refractivity contribution in [3.05, 3.63) is 28.5 Å². The van der Waals surface area contributed by atoms with Crippen molar-refractivity contribution in [1.29, 1.82) is 0 Å². The number of halogens is 2. The molecule has 114 valence electrons. The van der Waals surface area contributed by atoms with E-state index >= 15 is 0 Å². The number of sulfonamides is 1. The standard InChI is InChI=1S/C13H19ClFNO3S/c1-8(13(2,3)4)16-20(18,19)11-6-10(14)5-9(7-17)12(11)15/h5-6,8,16-17H,7H2,1-4H3. The van der Waals surface area contributed by atoms with Crippen LogP contribution in [-0.4, -0.2) is 19.6 Å². The van der Waals surface area contributed by atoms with Gasteiger partial charge in [-0.05, 0) is 24.5 Å². The summed E-state index contributed by atoms with van der Waals surface area (Å²) in [4.78, 5) is -0.551. The SMILES string of the molecule is CC(NS(=O)(=O)c1cc(Cl)cc(CO)c1F)C(C)(C)C. The molecule has 2 N–H and O–H groups in total. The molecule has 0 bridgehead atoms. The molecule has 1 unspecified atom stereocenters. The third-order valence-corrected chi connectivity index (χ3v) is 4.93. The summed E-state index contributed by atoms with van der Waals surface area (Å²) in [6.45, 7) is 6.69. The number of hydrogen-bond donors (Lipinski definition) is 2. The van der Waals surface area contributed by atoms with Crippen LogP contribution in [0.25, 0.3) is 0 Å². The average molecular weight is 324 g/mol. The van der Waals surface area contributed by atoms with E-state index < -0.39 is 33.4 Å². The van der Waals surface area contributed by atoms with E-state index in [4.69, 9.17) is 16.7 Å². The molecule has 1 aromatic carbocycles. The van der Waals surface area contributed by atoms with Gasteiger partial charge in [-0.15, -0.1) is 0 Å². The van der Waals surface area contributed by atoms with E-state index in [0.717, 1.165) is 6.07 Å². The van der Waals surface area contributed by atoms with Crippen molar-refractivity contribution in [3.8, 4) is 0 Å². The third-order valence-electron chi connectivity index (χ3n) is 3.17. The minimum atomic E-state index is -4.05. The van der Waals surface area contributed by atoms with Crippen LogP contribution in [0, 0.1) is 11.2 Å². The summed E-state index contributed by atoms with van der Waals surface area (Å²) in [5.41, 5.74) is -0.469. The number of rotatable bonds is 4. The quantitative estimate of drug-likeness (QED) is 0.895. The van der Waals surface area contributed by atoms with E-state index in [0.29, 0.717) is 0 Å². The van der Waals surface area contributed by atoms with E-state index in [1.54, 1.807) is 6.92 Å². The zero-order chi connectivity index (χ0) is 15.7. The van der Waals surface area contributed by atoms with Crippen molar-refractivity contribution < 1.29 is 17.9 Å². The Morgan fingerprint density at radius 3 is 2.40 bits per heavy atom. The molecular formula is C13H19ClFNO3S. The molecule has 0 aliphatic rings. The second-order valence-corrected chi connectivity index (χ2v) is 7.86. The summed E-state index contributed by atoms with van der Waals surface area (Å²) in [5.74, 6) is -0.981. The van der Waals surface area contributed by atoms with Crippen LogP contribution >= 0.6 is 11.6 Å². The molecule has 7 heteroatoms. The van der Waals surface area contributed by atoms with E-state index in [2.05, 4.69) is 4.72 Å². The van der Waals surface area contributed by atoms with E-state index in [9.17, 15) is 12.8 Å². The van der Waals surface area contributed by atoms with Crippen LogP contribution in [0.15, 0.2) is 17.0 Å². The predicted molar refractivity (Wildman–Crippen MR) is 76.6 cm³/mol. The fourth-order valence-corrected chi connectivity index (χ4v) is 3.30. The van der Waals surface area contributed by atoms with Gasteiger partial charge in [-0.1, -0.05) is 32.4 Å². The summed E-state index contributed by atoms with van der Waals surface area (Å²) >= 11 is 5.76. The van der Waals surface area contributed by atoms with Crippen LogP contribution in [0.5, 0.6) is 0 Å². The Balaban J connectivity index is 3.26. The van der Waals surface area contributed by atoms with Crippen LogP contribution in [-0.2, 0) is 16.6 Å². The minimum absolute atomic E-state index is 0.0548. The average Bonchev–Trinajstić information content (AvgIpc) is 2.29. The van der Waals surface area contributed by atoms with Crippen molar-refractivity contribution in [2.75, 3.05) is 0 Å². The maximum absolute atomic E-state index is 14.1. The van der Waals surface area contributed by atoms with Crippen molar-refractivity contribution in [1.82, 2.24) is 4.72 Å². The molecule has 0 spiro atoms. The predicted octanol–water partition coefficient (Wildman–Crippen LogP) is 2.68. The highest BCUT2D eigenvalue weighted by Gasteiger charge is 2.28. The number of aliphatic hydroxyl groups excluding tert-OH is 1. The van der Waals surface area contributed by atoms with Gasteiger partial charge in [0.25, 0.3) is 0 Å². The Hall–Kier alpha value is -0.690. The van der Waals surface area contributed by atoms with Gasteiger partial charge in [0.05, 0.1) is 6.61 Å². The molecule has 0 fully saturated rings. The first-order valence-corrected chi connectivity index (χ1v) is 7.96. The number of nitrogens with one attached hydrogen (secondary N) is 1. The zero-order valence-corrected chi connectivity index (χ0v) is 13.4. The fourth-order valence-electron chi connectivity index (χ4n) is 1.40. The van der Waals surface area contributed by atoms with Gasteiger partial charge in [-0.3, -0.25) is 0 Å². The number of benzene rings is 1. The first kappa shape index (κ1) is 17.4. The summed E-state index contributed by atoms with van der Waals surface area (Å²) < 4.78 is 41.0. The summed E-state index contributed by atoms with van der Waals surface area (Å²) in [7, 11) is -4.05. The highest BCUT2D eigenvalue weighted by atomic mass is 35.5. The molecule has 0 heterocycles. The molecule has 0 aromatic heterocycles. The van der Waals surface area contributed by atoms with Gasteiger partial charge in [-0.2, -0.15) is 0 Å². The molecule has 0 aliphatic carbocycles. The monoisotopic (exact) mass is 323 g/mol. The smallest absolute Gasteiger partial charge is 0.243 e. The van der Waals surface area contributed by atoms with Crippen molar-refractivity contribution in [3.63, 3.8) is 0 Å². The second-order valence-electron chi connectivity index (χ2n) is 5.74. The largest absolute Gasteiger partial charge is 0.392 e. The maximum atomic E-state index is 14.1. The number of hydrogen-bond acceptors (Lipinski definition) is 3. The van der Waals surface area contributed by atoms with Crippen molar-refractivity contribution >= 4 is 21.6 Å². The van der Waals surface area contributed by atoms with Gasteiger partial charge in [0.15, 0.2) is 0 Å². The van der Waals surface area contributed by atoms with E-state index in [1.165, 1.54) is 6.07 Å². The minimum Gasteiger partial charge on any atom is -0.392 e. The van der Waals surface area contributed by atoms with Crippen LogP contribution < -0.4 is 4.72 Å².